The normalized spacial score (nSPS) is 17.2. The molecule has 1 heterocycles. The van der Waals surface area contributed by atoms with E-state index in [-0.39, 0.29) is 37.7 Å². The second kappa shape index (κ2) is 12.9. The van der Waals surface area contributed by atoms with E-state index in [1.54, 1.807) is 7.11 Å². The van der Waals surface area contributed by atoms with Crippen molar-refractivity contribution in [3.8, 4) is 17.1 Å². The summed E-state index contributed by atoms with van der Waals surface area (Å²) in [5.41, 5.74) is 3.99. The zero-order valence-electron chi connectivity index (χ0n) is 24.3. The molecule has 40 heavy (non-hydrogen) atoms. The van der Waals surface area contributed by atoms with Gasteiger partial charge in [0.2, 0.25) is 0 Å². The minimum atomic E-state index is -0.308. The summed E-state index contributed by atoms with van der Waals surface area (Å²) in [6.07, 6.45) is 11.5. The van der Waals surface area contributed by atoms with Crippen molar-refractivity contribution in [1.29, 1.82) is 0 Å². The highest BCUT2D eigenvalue weighted by Gasteiger charge is 2.39. The molecule has 2 aliphatic rings. The largest absolute Gasteiger partial charge is 1.00 e. The zero-order valence-corrected chi connectivity index (χ0v) is 24.1. The van der Waals surface area contributed by atoms with Gasteiger partial charge in [0.05, 0.1) is 18.1 Å². The Bertz CT molecular complexity index is 1400. The Kier molecular flexibility index (Phi) is 9.11. The average molecular weight is 558 g/mol. The number of nitrogens with zero attached hydrogens (tertiary/aromatic N) is 3. The number of halogens is 1. The van der Waals surface area contributed by atoms with Crippen LogP contribution in [0.15, 0.2) is 78.9 Å². The smallest absolute Gasteiger partial charge is 1.00 e. The maximum Gasteiger partial charge on any atom is 1.00 e. The number of hydrogen-bond acceptors (Lipinski definition) is 3. The number of benzene rings is 3. The van der Waals surface area contributed by atoms with Gasteiger partial charge in [-0.2, -0.15) is 0 Å². The molecule has 0 N–H and O–H groups in total. The van der Waals surface area contributed by atoms with Crippen molar-refractivity contribution in [2.45, 2.75) is 76.3 Å². The standard InChI is InChI=1S/C34H39N3O2.ClH/c1-39-29-23-21-26(22-24-29)33-35-30-19-11-12-20-31(30)37(33)32(25-13-5-2-6-14-25)34(38)36(27-15-7-3-8-16-27)28-17-9-4-10-18-28;/h3,7-8,11-12,15-16,19-25,28,32H,2,4-6,9-10,13-14,17-18H2,1H3;1H. The van der Waals surface area contributed by atoms with Crippen LogP contribution in [-0.2, 0) is 4.79 Å². The Hall–Kier alpha value is -3.31. The minimum absolute atomic E-state index is 0. The van der Waals surface area contributed by atoms with Crippen molar-refractivity contribution < 1.29 is 23.4 Å². The molecule has 1 unspecified atom stereocenters. The van der Waals surface area contributed by atoms with Crippen LogP contribution in [0.1, 0.15) is 71.7 Å². The Morgan fingerprint density at radius 1 is 0.850 bits per heavy atom. The molecule has 1 amide bonds. The molecular formula is C34H40ClN3O2. The number of imidazole rings is 1. The number of fused-ring (bicyclic) bond motifs is 1. The van der Waals surface area contributed by atoms with Crippen LogP contribution in [0, 0.1) is 5.92 Å². The van der Waals surface area contributed by atoms with Gasteiger partial charge in [-0.15, -0.1) is 0 Å². The third kappa shape index (κ3) is 5.62. The molecule has 4 aromatic rings. The lowest BCUT2D eigenvalue weighted by atomic mass is 9.82. The SMILES string of the molecule is COc1ccc(-c2nc3ccccc3n2C(C(=O)N(c2ccccc2)C2CCCCC2)C2CCCCC2)cc1.[Cl-].[H+]. The number of methoxy groups -OCH3 is 1. The quantitative estimate of drug-likeness (QED) is 0.309. The first-order valence-corrected chi connectivity index (χ1v) is 14.7. The molecule has 0 radical (unpaired) electrons. The molecule has 2 saturated carbocycles. The number of amides is 1. The van der Waals surface area contributed by atoms with Gasteiger partial charge in [-0.1, -0.05) is 68.9 Å². The molecule has 1 aromatic heterocycles. The predicted octanol–water partition coefficient (Wildman–Crippen LogP) is 5.32. The maximum atomic E-state index is 15.1. The van der Waals surface area contributed by atoms with E-state index in [2.05, 4.69) is 64.1 Å². The van der Waals surface area contributed by atoms with Crippen molar-refractivity contribution in [1.82, 2.24) is 9.55 Å². The van der Waals surface area contributed by atoms with Gasteiger partial charge in [-0.25, -0.2) is 4.98 Å². The van der Waals surface area contributed by atoms with Gasteiger partial charge in [0.1, 0.15) is 17.6 Å². The molecular weight excluding hydrogens is 518 g/mol. The number of aromatic nitrogens is 2. The highest BCUT2D eigenvalue weighted by Crippen LogP contribution is 2.41. The van der Waals surface area contributed by atoms with Crippen LogP contribution < -0.4 is 22.0 Å². The highest BCUT2D eigenvalue weighted by molar-refractivity contribution is 5.98. The lowest BCUT2D eigenvalue weighted by molar-refractivity contribution is -0.124. The fourth-order valence-corrected chi connectivity index (χ4v) is 6.83. The van der Waals surface area contributed by atoms with Crippen LogP contribution >= 0.6 is 0 Å². The topological polar surface area (TPSA) is 47.4 Å². The summed E-state index contributed by atoms with van der Waals surface area (Å²) < 4.78 is 7.72. The number of carbonyl (C=O) groups excluding carboxylic acids is 1. The number of rotatable bonds is 7. The summed E-state index contributed by atoms with van der Waals surface area (Å²) in [5.74, 6) is 2.17. The number of ether oxygens (including phenoxy) is 1. The van der Waals surface area contributed by atoms with E-state index in [0.29, 0.717) is 0 Å². The first-order valence-electron chi connectivity index (χ1n) is 14.7. The van der Waals surface area contributed by atoms with Gasteiger partial charge in [-0.05, 0) is 80.1 Å². The molecule has 0 aliphatic heterocycles. The van der Waals surface area contributed by atoms with E-state index < -0.39 is 0 Å². The molecule has 0 saturated heterocycles. The number of carbonyl (C=O) groups is 1. The van der Waals surface area contributed by atoms with Crippen LogP contribution in [0.3, 0.4) is 0 Å². The molecule has 6 heteroatoms. The third-order valence-corrected chi connectivity index (χ3v) is 8.78. The van der Waals surface area contributed by atoms with E-state index in [0.717, 1.165) is 59.5 Å². The first-order chi connectivity index (χ1) is 19.2. The summed E-state index contributed by atoms with van der Waals surface area (Å²) in [6, 6.07) is 26.7. The fourth-order valence-electron chi connectivity index (χ4n) is 6.83. The number of anilines is 1. The second-order valence-corrected chi connectivity index (χ2v) is 11.2. The Labute approximate surface area is 245 Å². The van der Waals surface area contributed by atoms with E-state index in [1.165, 1.54) is 38.5 Å². The van der Waals surface area contributed by atoms with Gasteiger partial charge >= 0.3 is 1.43 Å². The highest BCUT2D eigenvalue weighted by atomic mass is 35.5. The predicted molar refractivity (Wildman–Crippen MR) is 159 cm³/mol. The fraction of sp³-hybridized carbons (Fsp3) is 0.412. The molecule has 5 nitrogen and oxygen atoms in total. The molecule has 2 aliphatic carbocycles. The summed E-state index contributed by atoms with van der Waals surface area (Å²) in [4.78, 5) is 22.4. The van der Waals surface area contributed by atoms with Gasteiger partial charge in [0.15, 0.2) is 0 Å². The molecule has 1 atom stereocenters. The van der Waals surface area contributed by atoms with Gasteiger partial charge in [0.25, 0.3) is 5.91 Å². The number of hydrogen-bond donors (Lipinski definition) is 0. The van der Waals surface area contributed by atoms with Crippen molar-refractivity contribution >= 4 is 22.6 Å². The molecule has 0 spiro atoms. The van der Waals surface area contributed by atoms with Gasteiger partial charge < -0.3 is 26.6 Å². The van der Waals surface area contributed by atoms with Crippen LogP contribution in [-0.4, -0.2) is 28.6 Å². The lowest BCUT2D eigenvalue weighted by Gasteiger charge is -2.40. The van der Waals surface area contributed by atoms with Gasteiger partial charge in [-0.3, -0.25) is 4.79 Å². The van der Waals surface area contributed by atoms with E-state index >= 15 is 4.79 Å². The van der Waals surface area contributed by atoms with E-state index in [4.69, 9.17) is 9.72 Å². The Morgan fingerprint density at radius 3 is 2.15 bits per heavy atom. The summed E-state index contributed by atoms with van der Waals surface area (Å²) in [5, 5.41) is 0. The van der Waals surface area contributed by atoms with Crippen LogP contribution in [0.4, 0.5) is 5.69 Å². The molecule has 210 valence electrons. The summed E-state index contributed by atoms with van der Waals surface area (Å²) in [7, 11) is 1.69. The summed E-state index contributed by atoms with van der Waals surface area (Å²) in [6.45, 7) is 0. The number of para-hydroxylation sites is 3. The van der Waals surface area contributed by atoms with Crippen LogP contribution in [0.2, 0.25) is 0 Å². The molecule has 3 aromatic carbocycles. The lowest BCUT2D eigenvalue weighted by Crippen LogP contribution is -3.00. The van der Waals surface area contributed by atoms with Crippen molar-refractivity contribution in [2.24, 2.45) is 5.92 Å². The summed E-state index contributed by atoms with van der Waals surface area (Å²) >= 11 is 0. The van der Waals surface area contributed by atoms with Crippen molar-refractivity contribution in [2.75, 3.05) is 12.0 Å². The zero-order chi connectivity index (χ0) is 26.6. The third-order valence-electron chi connectivity index (χ3n) is 8.78. The minimum Gasteiger partial charge on any atom is -1.00 e. The Morgan fingerprint density at radius 2 is 1.48 bits per heavy atom. The second-order valence-electron chi connectivity index (χ2n) is 11.2. The Balaban J connectivity index is 0.00000194. The van der Waals surface area contributed by atoms with Crippen LogP contribution in [0.25, 0.3) is 22.4 Å². The average Bonchev–Trinajstić information content (AvgIpc) is 3.38. The first kappa shape index (κ1) is 28.2. The monoisotopic (exact) mass is 557 g/mol. The van der Waals surface area contributed by atoms with Gasteiger partial charge in [0, 0.05) is 17.3 Å². The molecule has 0 bridgehead atoms. The maximum absolute atomic E-state index is 15.1. The molecule has 6 rings (SSSR count). The van der Waals surface area contributed by atoms with Crippen LogP contribution in [0.5, 0.6) is 5.75 Å². The van der Waals surface area contributed by atoms with E-state index in [1.807, 2.05) is 24.3 Å². The van der Waals surface area contributed by atoms with Crippen molar-refractivity contribution in [3.63, 3.8) is 0 Å². The van der Waals surface area contributed by atoms with Crippen molar-refractivity contribution in [3.05, 3.63) is 78.9 Å². The molecule has 2 fully saturated rings. The van der Waals surface area contributed by atoms with E-state index in [9.17, 15) is 0 Å².